The van der Waals surface area contributed by atoms with Crippen molar-refractivity contribution in [3.05, 3.63) is 52.9 Å². The standard InChI is InChI=1S/C21H21ClN4O5S/c1-13-5-6-14(19-23-20(31-24-19)21(27)26-9-3-4-10-26)11-18(13)32(28,29)25-15-7-8-17(30-2)16(22)12-15/h5-8,11-12,25H,3-4,9-10H2,1-2H3. The molecule has 3 aromatic rings. The molecule has 1 saturated heterocycles. The second kappa shape index (κ2) is 8.79. The Morgan fingerprint density at radius 2 is 1.94 bits per heavy atom. The molecule has 0 unspecified atom stereocenters. The van der Waals surface area contributed by atoms with Crippen molar-refractivity contribution in [2.24, 2.45) is 0 Å². The van der Waals surface area contributed by atoms with Gasteiger partial charge in [0.1, 0.15) is 5.75 Å². The summed E-state index contributed by atoms with van der Waals surface area (Å²) in [6, 6.07) is 9.35. The number of ether oxygens (including phenoxy) is 1. The number of amides is 1. The molecule has 9 nitrogen and oxygen atoms in total. The summed E-state index contributed by atoms with van der Waals surface area (Å²) in [6.07, 6.45) is 1.89. The zero-order valence-corrected chi connectivity index (χ0v) is 19.0. The number of carbonyl (C=O) groups excluding carboxylic acids is 1. The third-order valence-electron chi connectivity index (χ3n) is 5.14. The first kappa shape index (κ1) is 22.1. The minimum Gasteiger partial charge on any atom is -0.495 e. The molecule has 0 saturated carbocycles. The summed E-state index contributed by atoms with van der Waals surface area (Å²) in [5.41, 5.74) is 1.23. The van der Waals surface area contributed by atoms with Gasteiger partial charge in [-0.25, -0.2) is 8.42 Å². The van der Waals surface area contributed by atoms with Crippen LogP contribution in [0.25, 0.3) is 11.4 Å². The van der Waals surface area contributed by atoms with Gasteiger partial charge in [0.2, 0.25) is 5.82 Å². The van der Waals surface area contributed by atoms with Crippen LogP contribution in [0.1, 0.15) is 29.1 Å². The lowest BCUT2D eigenvalue weighted by molar-refractivity contribution is 0.0743. The predicted molar refractivity (Wildman–Crippen MR) is 118 cm³/mol. The summed E-state index contributed by atoms with van der Waals surface area (Å²) in [5, 5.41) is 4.14. The average Bonchev–Trinajstić information content (AvgIpc) is 3.46. The first-order chi connectivity index (χ1) is 15.3. The van der Waals surface area contributed by atoms with Gasteiger partial charge < -0.3 is 14.2 Å². The second-order valence-electron chi connectivity index (χ2n) is 7.36. The van der Waals surface area contributed by atoms with Crippen LogP contribution in [0.5, 0.6) is 5.75 Å². The first-order valence-electron chi connectivity index (χ1n) is 9.89. The smallest absolute Gasteiger partial charge is 0.316 e. The highest BCUT2D eigenvalue weighted by molar-refractivity contribution is 7.92. The molecular weight excluding hydrogens is 456 g/mol. The number of nitrogens with one attached hydrogen (secondary N) is 1. The molecule has 0 spiro atoms. The highest BCUT2D eigenvalue weighted by Gasteiger charge is 2.26. The van der Waals surface area contributed by atoms with E-state index in [1.165, 1.54) is 19.2 Å². The summed E-state index contributed by atoms with van der Waals surface area (Å²) in [4.78, 5) is 18.3. The molecule has 1 fully saturated rings. The normalized spacial score (nSPS) is 13.9. The van der Waals surface area contributed by atoms with Gasteiger partial charge in [0.15, 0.2) is 0 Å². The van der Waals surface area contributed by atoms with E-state index in [0.29, 0.717) is 35.7 Å². The van der Waals surface area contributed by atoms with E-state index in [0.717, 1.165) is 12.8 Å². The number of hydrogen-bond acceptors (Lipinski definition) is 7. The molecule has 4 rings (SSSR count). The van der Waals surface area contributed by atoms with Crippen LogP contribution in [0.3, 0.4) is 0 Å². The van der Waals surface area contributed by atoms with Crippen LogP contribution in [-0.2, 0) is 10.0 Å². The van der Waals surface area contributed by atoms with Crippen LogP contribution in [0.2, 0.25) is 5.02 Å². The van der Waals surface area contributed by atoms with Gasteiger partial charge in [-0.1, -0.05) is 28.9 Å². The van der Waals surface area contributed by atoms with Gasteiger partial charge >= 0.3 is 11.8 Å². The van der Waals surface area contributed by atoms with Gasteiger partial charge in [0, 0.05) is 18.7 Å². The summed E-state index contributed by atoms with van der Waals surface area (Å²) in [7, 11) is -2.47. The van der Waals surface area contributed by atoms with E-state index in [1.807, 2.05) is 0 Å². The van der Waals surface area contributed by atoms with Gasteiger partial charge in [0.05, 0.1) is 22.7 Å². The summed E-state index contributed by atoms with van der Waals surface area (Å²) in [5.74, 6) is 0.137. The molecule has 1 aliphatic heterocycles. The van der Waals surface area contributed by atoms with Crippen molar-refractivity contribution >= 4 is 33.2 Å². The zero-order chi connectivity index (χ0) is 22.9. The fourth-order valence-electron chi connectivity index (χ4n) is 3.45. The molecule has 1 N–H and O–H groups in total. The molecular formula is C21H21ClN4O5S. The van der Waals surface area contributed by atoms with E-state index in [4.69, 9.17) is 20.9 Å². The van der Waals surface area contributed by atoms with Crippen molar-refractivity contribution in [2.75, 3.05) is 24.9 Å². The van der Waals surface area contributed by atoms with Crippen molar-refractivity contribution < 1.29 is 22.5 Å². The fourth-order valence-corrected chi connectivity index (χ4v) is 5.03. The Hall–Kier alpha value is -3.11. The Bertz CT molecular complexity index is 1270. The number of benzene rings is 2. The summed E-state index contributed by atoms with van der Waals surface area (Å²) in [6.45, 7) is 2.99. The van der Waals surface area contributed by atoms with Crippen molar-refractivity contribution in [2.45, 2.75) is 24.7 Å². The molecule has 0 aliphatic carbocycles. The van der Waals surface area contributed by atoms with E-state index >= 15 is 0 Å². The monoisotopic (exact) mass is 476 g/mol. The average molecular weight is 477 g/mol. The van der Waals surface area contributed by atoms with E-state index in [2.05, 4.69) is 14.9 Å². The molecule has 32 heavy (non-hydrogen) atoms. The third-order valence-corrected chi connectivity index (χ3v) is 6.96. The summed E-state index contributed by atoms with van der Waals surface area (Å²) >= 11 is 6.10. The number of nitrogens with zero attached hydrogens (tertiary/aromatic N) is 3. The SMILES string of the molecule is COc1ccc(NS(=O)(=O)c2cc(-c3noc(C(=O)N4CCCC4)n3)ccc2C)cc1Cl. The van der Waals surface area contributed by atoms with Gasteiger partial charge in [-0.05, 0) is 49.6 Å². The topological polar surface area (TPSA) is 115 Å². The highest BCUT2D eigenvalue weighted by atomic mass is 35.5. The maximum Gasteiger partial charge on any atom is 0.316 e. The second-order valence-corrected chi connectivity index (χ2v) is 9.42. The lowest BCUT2D eigenvalue weighted by atomic mass is 10.1. The molecule has 1 aliphatic rings. The molecule has 2 heterocycles. The first-order valence-corrected chi connectivity index (χ1v) is 11.7. The Kier molecular flexibility index (Phi) is 6.07. The Balaban J connectivity index is 1.61. The molecule has 2 aromatic carbocycles. The maximum atomic E-state index is 13.0. The third kappa shape index (κ3) is 4.42. The number of aromatic nitrogens is 2. The number of aryl methyl sites for hydroxylation is 1. The number of carbonyl (C=O) groups is 1. The number of anilines is 1. The van der Waals surface area contributed by atoms with Crippen LogP contribution in [-0.4, -0.2) is 49.6 Å². The van der Waals surface area contributed by atoms with E-state index in [9.17, 15) is 13.2 Å². The fraction of sp³-hybridized carbons (Fsp3) is 0.286. The number of methoxy groups -OCH3 is 1. The Morgan fingerprint density at radius 1 is 1.19 bits per heavy atom. The lowest BCUT2D eigenvalue weighted by Gasteiger charge is -2.12. The maximum absolute atomic E-state index is 13.0. The minimum absolute atomic E-state index is 0.0409. The van der Waals surface area contributed by atoms with Crippen LogP contribution in [0.15, 0.2) is 45.8 Å². The van der Waals surface area contributed by atoms with Crippen molar-refractivity contribution in [3.8, 4) is 17.1 Å². The van der Waals surface area contributed by atoms with Crippen LogP contribution < -0.4 is 9.46 Å². The van der Waals surface area contributed by atoms with Gasteiger partial charge in [-0.15, -0.1) is 0 Å². The quantitative estimate of drug-likeness (QED) is 0.576. The van der Waals surface area contributed by atoms with E-state index in [-0.39, 0.29) is 27.5 Å². The molecule has 1 amide bonds. The van der Waals surface area contributed by atoms with E-state index in [1.54, 1.807) is 36.1 Å². The predicted octanol–water partition coefficient (Wildman–Crippen LogP) is 3.74. The number of sulfonamides is 1. The van der Waals surface area contributed by atoms with Crippen LogP contribution >= 0.6 is 11.6 Å². The van der Waals surface area contributed by atoms with Gasteiger partial charge in [-0.2, -0.15) is 4.98 Å². The van der Waals surface area contributed by atoms with Gasteiger partial charge in [-0.3, -0.25) is 9.52 Å². The van der Waals surface area contributed by atoms with Crippen molar-refractivity contribution in [3.63, 3.8) is 0 Å². The Morgan fingerprint density at radius 3 is 2.62 bits per heavy atom. The van der Waals surface area contributed by atoms with Crippen LogP contribution in [0.4, 0.5) is 5.69 Å². The van der Waals surface area contributed by atoms with Crippen molar-refractivity contribution in [1.29, 1.82) is 0 Å². The number of hydrogen-bond donors (Lipinski definition) is 1. The molecule has 168 valence electrons. The van der Waals surface area contributed by atoms with Gasteiger partial charge in [0.25, 0.3) is 10.0 Å². The number of likely N-dealkylation sites (tertiary alicyclic amines) is 1. The van der Waals surface area contributed by atoms with Crippen LogP contribution in [0, 0.1) is 6.92 Å². The van der Waals surface area contributed by atoms with E-state index < -0.39 is 10.0 Å². The molecule has 0 atom stereocenters. The number of halogens is 1. The molecule has 11 heteroatoms. The highest BCUT2D eigenvalue weighted by Crippen LogP contribution is 2.30. The number of rotatable bonds is 6. The largest absolute Gasteiger partial charge is 0.495 e. The van der Waals surface area contributed by atoms with Crippen molar-refractivity contribution in [1.82, 2.24) is 15.0 Å². The zero-order valence-electron chi connectivity index (χ0n) is 17.5. The molecule has 0 bridgehead atoms. The summed E-state index contributed by atoms with van der Waals surface area (Å²) < 4.78 is 38.8. The Labute approximate surface area is 190 Å². The minimum atomic E-state index is -3.94. The molecule has 1 aromatic heterocycles. The molecule has 0 radical (unpaired) electrons. The lowest BCUT2D eigenvalue weighted by Crippen LogP contribution is -2.27.